The van der Waals surface area contributed by atoms with Crippen molar-refractivity contribution in [3.63, 3.8) is 0 Å². The van der Waals surface area contributed by atoms with Crippen LogP contribution < -0.4 is 4.74 Å². The van der Waals surface area contributed by atoms with Crippen LogP contribution in [0.2, 0.25) is 5.02 Å². The smallest absolute Gasteiger partial charge is 0.261 e. The van der Waals surface area contributed by atoms with E-state index in [4.69, 9.17) is 27.0 Å². The Morgan fingerprint density at radius 1 is 1.05 bits per heavy atom. The normalized spacial score (nSPS) is 11.3. The maximum Gasteiger partial charge on any atom is 0.261 e. The molecule has 0 aliphatic carbocycles. The van der Waals surface area contributed by atoms with E-state index in [1.807, 2.05) is 18.2 Å². The monoisotopic (exact) mass is 316 g/mol. The molecule has 0 fully saturated rings. The molecule has 0 aromatic heterocycles. The Morgan fingerprint density at radius 2 is 1.74 bits per heavy atom. The SMILES string of the molecule is COc1cc(S(=O)(=O)Cl)ccc1-c1ccccc1Cl. The van der Waals surface area contributed by atoms with Crippen molar-refractivity contribution >= 4 is 31.3 Å². The number of ether oxygens (including phenoxy) is 1. The Hall–Kier alpha value is -1.23. The van der Waals surface area contributed by atoms with E-state index in [-0.39, 0.29) is 4.90 Å². The number of hydrogen-bond donors (Lipinski definition) is 0. The van der Waals surface area contributed by atoms with Crippen molar-refractivity contribution in [2.45, 2.75) is 4.90 Å². The second-order valence-corrected chi connectivity index (χ2v) is 6.75. The predicted octanol–water partition coefficient (Wildman–Crippen LogP) is 3.94. The number of methoxy groups -OCH3 is 1. The highest BCUT2D eigenvalue weighted by atomic mass is 35.7. The molecule has 0 amide bonds. The van der Waals surface area contributed by atoms with Gasteiger partial charge in [0.25, 0.3) is 9.05 Å². The van der Waals surface area contributed by atoms with Gasteiger partial charge in [-0.3, -0.25) is 0 Å². The zero-order chi connectivity index (χ0) is 14.0. The van der Waals surface area contributed by atoms with Crippen molar-refractivity contribution in [1.29, 1.82) is 0 Å². The van der Waals surface area contributed by atoms with Gasteiger partial charge in [-0.2, -0.15) is 0 Å². The molecular weight excluding hydrogens is 307 g/mol. The minimum Gasteiger partial charge on any atom is -0.496 e. The summed E-state index contributed by atoms with van der Waals surface area (Å²) >= 11 is 6.12. The van der Waals surface area contributed by atoms with Gasteiger partial charge in [-0.15, -0.1) is 0 Å². The van der Waals surface area contributed by atoms with Crippen LogP contribution in [0.25, 0.3) is 11.1 Å². The van der Waals surface area contributed by atoms with Gasteiger partial charge < -0.3 is 4.74 Å². The predicted molar refractivity (Wildman–Crippen MR) is 76.5 cm³/mol. The zero-order valence-corrected chi connectivity index (χ0v) is 12.3. The van der Waals surface area contributed by atoms with Crippen molar-refractivity contribution < 1.29 is 13.2 Å². The Kier molecular flexibility index (Phi) is 4.04. The number of benzene rings is 2. The first kappa shape index (κ1) is 14.2. The summed E-state index contributed by atoms with van der Waals surface area (Å²) in [5, 5.41) is 0.558. The van der Waals surface area contributed by atoms with Crippen LogP contribution in [-0.2, 0) is 9.05 Å². The highest BCUT2D eigenvalue weighted by molar-refractivity contribution is 8.13. The third kappa shape index (κ3) is 3.03. The number of hydrogen-bond acceptors (Lipinski definition) is 3. The topological polar surface area (TPSA) is 43.4 Å². The summed E-state index contributed by atoms with van der Waals surface area (Å²) in [4.78, 5) is -0.0122. The molecule has 0 saturated heterocycles. The molecule has 0 atom stereocenters. The van der Waals surface area contributed by atoms with E-state index in [0.29, 0.717) is 16.3 Å². The lowest BCUT2D eigenvalue weighted by Gasteiger charge is -2.11. The second-order valence-electron chi connectivity index (χ2n) is 3.78. The highest BCUT2D eigenvalue weighted by Crippen LogP contribution is 2.36. The molecule has 0 heterocycles. The average molecular weight is 317 g/mol. The molecule has 3 nitrogen and oxygen atoms in total. The molecule has 0 N–H and O–H groups in total. The third-order valence-corrected chi connectivity index (χ3v) is 4.30. The van der Waals surface area contributed by atoms with Gasteiger partial charge in [0.15, 0.2) is 0 Å². The minimum atomic E-state index is -3.79. The first-order valence-electron chi connectivity index (χ1n) is 5.31. The summed E-state index contributed by atoms with van der Waals surface area (Å²) in [6.45, 7) is 0. The molecular formula is C13H10Cl2O3S. The summed E-state index contributed by atoms with van der Waals surface area (Å²) in [6, 6.07) is 11.7. The molecule has 2 aromatic carbocycles. The molecule has 0 radical (unpaired) electrons. The van der Waals surface area contributed by atoms with Crippen LogP contribution in [0.3, 0.4) is 0 Å². The molecule has 0 spiro atoms. The summed E-state index contributed by atoms with van der Waals surface area (Å²) in [5.41, 5.74) is 1.47. The van der Waals surface area contributed by atoms with Crippen molar-refractivity contribution in [3.05, 3.63) is 47.5 Å². The number of halogens is 2. The summed E-state index contributed by atoms with van der Waals surface area (Å²) in [5.74, 6) is 0.398. The second kappa shape index (κ2) is 5.41. The van der Waals surface area contributed by atoms with Gasteiger partial charge in [0.1, 0.15) is 5.75 Å². The van der Waals surface area contributed by atoms with Crippen molar-refractivity contribution in [2.75, 3.05) is 7.11 Å². The van der Waals surface area contributed by atoms with Gasteiger partial charge in [0.2, 0.25) is 0 Å². The molecule has 0 bridgehead atoms. The van der Waals surface area contributed by atoms with Crippen LogP contribution in [0.5, 0.6) is 5.75 Å². The average Bonchev–Trinajstić information content (AvgIpc) is 2.37. The van der Waals surface area contributed by atoms with Gasteiger partial charge in [-0.25, -0.2) is 8.42 Å². The quantitative estimate of drug-likeness (QED) is 0.805. The lowest BCUT2D eigenvalue weighted by Crippen LogP contribution is -1.94. The van der Waals surface area contributed by atoms with Crippen molar-refractivity contribution in [3.8, 4) is 16.9 Å². The zero-order valence-electron chi connectivity index (χ0n) is 9.93. The van der Waals surface area contributed by atoms with Gasteiger partial charge in [0, 0.05) is 32.9 Å². The highest BCUT2D eigenvalue weighted by Gasteiger charge is 2.15. The van der Waals surface area contributed by atoms with E-state index < -0.39 is 9.05 Å². The van der Waals surface area contributed by atoms with E-state index in [2.05, 4.69) is 0 Å². The number of rotatable bonds is 3. The first-order valence-corrected chi connectivity index (χ1v) is 8.00. The first-order chi connectivity index (χ1) is 8.93. The van der Waals surface area contributed by atoms with Crippen molar-refractivity contribution in [1.82, 2.24) is 0 Å². The molecule has 0 saturated carbocycles. The van der Waals surface area contributed by atoms with Crippen LogP contribution in [0, 0.1) is 0 Å². The maximum absolute atomic E-state index is 11.3. The van der Waals surface area contributed by atoms with Gasteiger partial charge in [-0.05, 0) is 18.2 Å². The summed E-state index contributed by atoms with van der Waals surface area (Å²) < 4.78 is 27.8. The summed E-state index contributed by atoms with van der Waals surface area (Å²) in [7, 11) is 2.98. The molecule has 2 aromatic rings. The third-order valence-electron chi connectivity index (χ3n) is 2.62. The molecule has 19 heavy (non-hydrogen) atoms. The fraction of sp³-hybridized carbons (Fsp3) is 0.0769. The lowest BCUT2D eigenvalue weighted by atomic mass is 10.0. The Morgan fingerprint density at radius 3 is 2.32 bits per heavy atom. The van der Waals surface area contributed by atoms with Crippen LogP contribution in [0.1, 0.15) is 0 Å². The largest absolute Gasteiger partial charge is 0.496 e. The van der Waals surface area contributed by atoms with Crippen LogP contribution in [0.15, 0.2) is 47.4 Å². The minimum absolute atomic E-state index is 0.0122. The molecule has 0 aliphatic rings. The van der Waals surface area contributed by atoms with Crippen LogP contribution in [-0.4, -0.2) is 15.5 Å². The Balaban J connectivity index is 2.64. The molecule has 6 heteroatoms. The lowest BCUT2D eigenvalue weighted by molar-refractivity contribution is 0.415. The van der Waals surface area contributed by atoms with Crippen LogP contribution in [0.4, 0.5) is 0 Å². The summed E-state index contributed by atoms with van der Waals surface area (Å²) in [6.07, 6.45) is 0. The van der Waals surface area contributed by atoms with E-state index in [1.165, 1.54) is 19.2 Å². The fourth-order valence-corrected chi connectivity index (χ4v) is 2.73. The van der Waals surface area contributed by atoms with Gasteiger partial charge in [-0.1, -0.05) is 29.8 Å². The van der Waals surface area contributed by atoms with E-state index in [9.17, 15) is 8.42 Å². The molecule has 0 unspecified atom stereocenters. The molecule has 100 valence electrons. The van der Waals surface area contributed by atoms with E-state index in [0.717, 1.165) is 5.56 Å². The molecule has 0 aliphatic heterocycles. The standard InChI is InChI=1S/C13H10Cl2O3S/c1-18-13-8-9(19(15,16)17)6-7-11(13)10-4-2-3-5-12(10)14/h2-8H,1H3. The maximum atomic E-state index is 11.3. The van der Waals surface area contributed by atoms with Gasteiger partial charge >= 0.3 is 0 Å². The van der Waals surface area contributed by atoms with E-state index in [1.54, 1.807) is 12.1 Å². The fourth-order valence-electron chi connectivity index (χ4n) is 1.73. The Labute approximate surface area is 121 Å². The van der Waals surface area contributed by atoms with Crippen molar-refractivity contribution in [2.24, 2.45) is 0 Å². The van der Waals surface area contributed by atoms with Crippen LogP contribution >= 0.6 is 22.3 Å². The molecule has 2 rings (SSSR count). The van der Waals surface area contributed by atoms with Gasteiger partial charge in [0.05, 0.1) is 12.0 Å². The van der Waals surface area contributed by atoms with E-state index >= 15 is 0 Å². The Bertz CT molecular complexity index is 712.